The molecule has 0 spiro atoms. The summed E-state index contributed by atoms with van der Waals surface area (Å²) in [5, 5.41) is 12.6. The normalized spacial score (nSPS) is 14.1. The highest BCUT2D eigenvalue weighted by molar-refractivity contribution is 8.07. The number of benzene rings is 3. The number of fused-ring (bicyclic) bond motifs is 1. The second kappa shape index (κ2) is 7.85. The lowest BCUT2D eigenvalue weighted by molar-refractivity contribution is 0.313. The van der Waals surface area contributed by atoms with Crippen LogP contribution in [0, 0.1) is 5.41 Å². The number of nitrogens with two attached hydrogens (primary N) is 1. The Morgan fingerprint density at radius 2 is 1.86 bits per heavy atom. The van der Waals surface area contributed by atoms with Crippen LogP contribution in [-0.2, 0) is 9.84 Å². The standard InChI is InChI=1S/C22H23N3O3S/c23-20-11-10-17(28-13-12-25-16-8-9-16)14-19(20)22(24)29(26,27)21-7-3-5-15-4-1-2-6-18(15)21/h1-7,10-11,14,16,24-25H,8-9,12-13,23H2. The first-order chi connectivity index (χ1) is 14.0. The van der Waals surface area contributed by atoms with Gasteiger partial charge in [-0.25, -0.2) is 8.42 Å². The molecule has 0 atom stereocenters. The Balaban J connectivity index is 1.61. The van der Waals surface area contributed by atoms with Crippen molar-refractivity contribution in [3.05, 3.63) is 66.2 Å². The minimum absolute atomic E-state index is 0.0972. The predicted molar refractivity (Wildman–Crippen MR) is 115 cm³/mol. The van der Waals surface area contributed by atoms with Gasteiger partial charge in [-0.05, 0) is 42.5 Å². The first kappa shape index (κ1) is 19.4. The van der Waals surface area contributed by atoms with E-state index in [0.29, 0.717) is 23.8 Å². The van der Waals surface area contributed by atoms with Gasteiger partial charge in [0, 0.05) is 29.2 Å². The number of sulfone groups is 1. The Kier molecular flexibility index (Phi) is 5.25. The molecule has 4 rings (SSSR count). The highest BCUT2D eigenvalue weighted by atomic mass is 32.2. The van der Waals surface area contributed by atoms with E-state index in [-0.39, 0.29) is 16.1 Å². The van der Waals surface area contributed by atoms with Gasteiger partial charge in [0.2, 0.25) is 9.84 Å². The van der Waals surface area contributed by atoms with Crippen molar-refractivity contribution in [2.75, 3.05) is 18.9 Å². The molecule has 3 aromatic rings. The zero-order valence-corrected chi connectivity index (χ0v) is 16.7. The molecule has 29 heavy (non-hydrogen) atoms. The zero-order chi connectivity index (χ0) is 20.4. The SMILES string of the molecule is N=C(c1cc(OCCNC2CC2)ccc1N)S(=O)(=O)c1cccc2ccccc12. The molecule has 7 heteroatoms. The van der Waals surface area contributed by atoms with Crippen molar-refractivity contribution in [1.29, 1.82) is 5.41 Å². The van der Waals surface area contributed by atoms with Crippen LogP contribution in [0.1, 0.15) is 18.4 Å². The van der Waals surface area contributed by atoms with E-state index in [1.165, 1.54) is 25.0 Å². The molecule has 1 fully saturated rings. The predicted octanol–water partition coefficient (Wildman–Crippen LogP) is 3.35. The van der Waals surface area contributed by atoms with Gasteiger partial charge in [-0.3, -0.25) is 5.41 Å². The molecule has 1 aliphatic carbocycles. The van der Waals surface area contributed by atoms with E-state index in [1.807, 2.05) is 18.2 Å². The van der Waals surface area contributed by atoms with Crippen LogP contribution in [0.4, 0.5) is 5.69 Å². The number of ether oxygens (including phenoxy) is 1. The van der Waals surface area contributed by atoms with Crippen LogP contribution in [0.3, 0.4) is 0 Å². The summed E-state index contributed by atoms with van der Waals surface area (Å²) in [7, 11) is -4.05. The zero-order valence-electron chi connectivity index (χ0n) is 15.9. The maximum absolute atomic E-state index is 13.2. The molecule has 0 radical (unpaired) electrons. The third-order valence-electron chi connectivity index (χ3n) is 4.96. The number of rotatable bonds is 7. The van der Waals surface area contributed by atoms with E-state index in [4.69, 9.17) is 15.9 Å². The lowest BCUT2D eigenvalue weighted by atomic mass is 10.1. The Labute approximate surface area is 170 Å². The van der Waals surface area contributed by atoms with Gasteiger partial charge < -0.3 is 15.8 Å². The van der Waals surface area contributed by atoms with Crippen LogP contribution in [-0.4, -0.2) is 32.7 Å². The number of nitrogens with one attached hydrogen (secondary N) is 2. The molecule has 0 unspecified atom stereocenters. The van der Waals surface area contributed by atoms with Crippen molar-refractivity contribution in [3.63, 3.8) is 0 Å². The molecule has 0 amide bonds. The summed E-state index contributed by atoms with van der Waals surface area (Å²) in [4.78, 5) is 0.0972. The van der Waals surface area contributed by atoms with Crippen molar-refractivity contribution < 1.29 is 13.2 Å². The minimum Gasteiger partial charge on any atom is -0.492 e. The molecule has 1 aliphatic rings. The molecule has 150 valence electrons. The summed E-state index contributed by atoms with van der Waals surface area (Å²) in [5.74, 6) is 0.490. The highest BCUT2D eigenvalue weighted by Crippen LogP contribution is 2.29. The molecule has 6 nitrogen and oxygen atoms in total. The summed E-state index contributed by atoms with van der Waals surface area (Å²) in [5.41, 5.74) is 6.38. The van der Waals surface area contributed by atoms with Crippen LogP contribution in [0.5, 0.6) is 5.75 Å². The third kappa shape index (κ3) is 4.11. The minimum atomic E-state index is -4.05. The van der Waals surface area contributed by atoms with Crippen LogP contribution < -0.4 is 15.8 Å². The van der Waals surface area contributed by atoms with Crippen LogP contribution >= 0.6 is 0 Å². The first-order valence-electron chi connectivity index (χ1n) is 9.54. The Morgan fingerprint density at radius 1 is 1.10 bits per heavy atom. The molecule has 3 aromatic carbocycles. The summed E-state index contributed by atoms with van der Waals surface area (Å²) in [6.45, 7) is 1.18. The van der Waals surface area contributed by atoms with E-state index < -0.39 is 14.9 Å². The van der Waals surface area contributed by atoms with Gasteiger partial charge in [0.1, 0.15) is 12.4 Å². The van der Waals surface area contributed by atoms with Crippen LogP contribution in [0.2, 0.25) is 0 Å². The van der Waals surface area contributed by atoms with Crippen LogP contribution in [0.25, 0.3) is 10.8 Å². The maximum atomic E-state index is 13.2. The monoisotopic (exact) mass is 409 g/mol. The van der Waals surface area contributed by atoms with Gasteiger partial charge in [0.05, 0.1) is 4.90 Å². The van der Waals surface area contributed by atoms with E-state index in [1.54, 1.807) is 30.3 Å². The van der Waals surface area contributed by atoms with Gasteiger partial charge in [-0.15, -0.1) is 0 Å². The van der Waals surface area contributed by atoms with Crippen molar-refractivity contribution in [3.8, 4) is 5.75 Å². The third-order valence-corrected chi connectivity index (χ3v) is 6.65. The largest absolute Gasteiger partial charge is 0.492 e. The lowest BCUT2D eigenvalue weighted by Gasteiger charge is -2.13. The average molecular weight is 410 g/mol. The molecule has 0 saturated heterocycles. The second-order valence-corrected chi connectivity index (χ2v) is 8.99. The number of hydrogen-bond donors (Lipinski definition) is 3. The maximum Gasteiger partial charge on any atom is 0.224 e. The summed E-state index contributed by atoms with van der Waals surface area (Å²) >= 11 is 0. The molecular weight excluding hydrogens is 386 g/mol. The number of hydrogen-bond acceptors (Lipinski definition) is 6. The van der Waals surface area contributed by atoms with E-state index >= 15 is 0 Å². The van der Waals surface area contributed by atoms with Gasteiger partial charge in [0.15, 0.2) is 5.04 Å². The first-order valence-corrected chi connectivity index (χ1v) is 11.0. The lowest BCUT2D eigenvalue weighted by Crippen LogP contribution is -2.23. The molecule has 0 heterocycles. The molecular formula is C22H23N3O3S. The van der Waals surface area contributed by atoms with Gasteiger partial charge in [-0.2, -0.15) is 0 Å². The summed E-state index contributed by atoms with van der Waals surface area (Å²) < 4.78 is 32.2. The van der Waals surface area contributed by atoms with Gasteiger partial charge in [-0.1, -0.05) is 36.4 Å². The van der Waals surface area contributed by atoms with Crippen molar-refractivity contribution in [2.45, 2.75) is 23.8 Å². The molecule has 1 saturated carbocycles. The van der Waals surface area contributed by atoms with E-state index in [9.17, 15) is 8.42 Å². The molecule has 0 aromatic heterocycles. The Bertz CT molecular complexity index is 1170. The summed E-state index contributed by atoms with van der Waals surface area (Å²) in [6, 6.07) is 17.6. The fraction of sp³-hybridized carbons (Fsp3) is 0.227. The van der Waals surface area contributed by atoms with Crippen molar-refractivity contribution >= 4 is 31.3 Å². The molecule has 4 N–H and O–H groups in total. The van der Waals surface area contributed by atoms with Gasteiger partial charge >= 0.3 is 0 Å². The Hall–Kier alpha value is -2.90. The number of nitrogen functional groups attached to an aromatic ring is 1. The van der Waals surface area contributed by atoms with E-state index in [2.05, 4.69) is 5.32 Å². The smallest absolute Gasteiger partial charge is 0.224 e. The fourth-order valence-corrected chi connectivity index (χ4v) is 4.65. The van der Waals surface area contributed by atoms with E-state index in [0.717, 1.165) is 11.9 Å². The van der Waals surface area contributed by atoms with Crippen LogP contribution in [0.15, 0.2) is 65.6 Å². The number of anilines is 1. The topological polar surface area (TPSA) is 105 Å². The quantitative estimate of drug-likeness (QED) is 0.240. The molecule has 0 aliphatic heterocycles. The highest BCUT2D eigenvalue weighted by Gasteiger charge is 2.26. The van der Waals surface area contributed by atoms with Gasteiger partial charge in [0.25, 0.3) is 0 Å². The van der Waals surface area contributed by atoms with Crippen molar-refractivity contribution in [1.82, 2.24) is 5.32 Å². The fourth-order valence-electron chi connectivity index (χ4n) is 3.23. The van der Waals surface area contributed by atoms with Crippen molar-refractivity contribution in [2.24, 2.45) is 0 Å². The average Bonchev–Trinajstić information content (AvgIpc) is 3.55. The molecule has 0 bridgehead atoms. The summed E-state index contributed by atoms with van der Waals surface area (Å²) in [6.07, 6.45) is 2.41. The Morgan fingerprint density at radius 3 is 2.66 bits per heavy atom. The second-order valence-electron chi connectivity index (χ2n) is 7.14.